The third-order valence-electron chi connectivity index (χ3n) is 4.65. The van der Waals surface area contributed by atoms with Gasteiger partial charge in [0.1, 0.15) is 5.82 Å². The lowest BCUT2D eigenvalue weighted by atomic mass is 10.2. The fraction of sp³-hybridized carbons (Fsp3) is 0.158. The molecule has 0 fully saturated rings. The Morgan fingerprint density at radius 1 is 1.18 bits per heavy atom. The molecular formula is C19H17FN4O3S. The summed E-state index contributed by atoms with van der Waals surface area (Å²) in [7, 11) is -2.19. The average molecular weight is 400 g/mol. The van der Waals surface area contributed by atoms with E-state index in [-0.39, 0.29) is 22.3 Å². The Balaban J connectivity index is 1.61. The molecule has 1 amide bonds. The summed E-state index contributed by atoms with van der Waals surface area (Å²) in [6.45, 7) is 0.435. The van der Waals surface area contributed by atoms with Crippen molar-refractivity contribution in [1.29, 1.82) is 0 Å². The average Bonchev–Trinajstić information content (AvgIpc) is 3.34. The van der Waals surface area contributed by atoms with Crippen molar-refractivity contribution in [2.75, 3.05) is 18.5 Å². The van der Waals surface area contributed by atoms with Crippen LogP contribution in [0.1, 0.15) is 16.1 Å². The van der Waals surface area contributed by atoms with Gasteiger partial charge in [-0.05, 0) is 61.5 Å². The predicted molar refractivity (Wildman–Crippen MR) is 102 cm³/mol. The zero-order chi connectivity index (χ0) is 19.9. The Morgan fingerprint density at radius 2 is 2.00 bits per heavy atom. The molecule has 0 radical (unpaired) electrons. The smallest absolute Gasteiger partial charge is 0.278 e. The summed E-state index contributed by atoms with van der Waals surface area (Å²) in [5.74, 6) is -0.681. The zero-order valence-electron chi connectivity index (χ0n) is 15.0. The number of hydrogen-bond donors (Lipinski definition) is 1. The van der Waals surface area contributed by atoms with Gasteiger partial charge in [0.15, 0.2) is 5.69 Å². The van der Waals surface area contributed by atoms with E-state index < -0.39 is 10.0 Å². The van der Waals surface area contributed by atoms with Crippen LogP contribution in [0.2, 0.25) is 0 Å². The third-order valence-corrected chi connectivity index (χ3v) is 6.06. The molecule has 0 atom stereocenters. The zero-order valence-corrected chi connectivity index (χ0v) is 15.8. The molecule has 0 spiro atoms. The van der Waals surface area contributed by atoms with E-state index in [1.165, 1.54) is 29.9 Å². The van der Waals surface area contributed by atoms with Gasteiger partial charge < -0.3 is 4.90 Å². The first-order chi connectivity index (χ1) is 13.4. The molecule has 1 aliphatic rings. The number of nitrogens with one attached hydrogen (secondary N) is 1. The first-order valence-electron chi connectivity index (χ1n) is 8.59. The Morgan fingerprint density at radius 3 is 2.75 bits per heavy atom. The lowest BCUT2D eigenvalue weighted by Crippen LogP contribution is -2.29. The van der Waals surface area contributed by atoms with Crippen molar-refractivity contribution in [1.82, 2.24) is 14.5 Å². The minimum atomic E-state index is -3.54. The number of anilines is 1. The van der Waals surface area contributed by atoms with E-state index in [0.29, 0.717) is 24.3 Å². The summed E-state index contributed by atoms with van der Waals surface area (Å²) in [5.41, 5.74) is 2.20. The standard InChI is InChI=1S/C19H17FN4O3S/c1-21-28(26,27)16-5-6-18-13(11-16)7-9-23(18)19(25)17-8-10-24(22-17)15-4-2-3-14(20)12-15/h2-6,8,10-12,21H,7,9H2,1H3. The monoisotopic (exact) mass is 400 g/mol. The molecule has 1 aliphatic heterocycles. The molecule has 2 heterocycles. The Hall–Kier alpha value is -3.04. The summed E-state index contributed by atoms with van der Waals surface area (Å²) in [6.07, 6.45) is 2.15. The highest BCUT2D eigenvalue weighted by Crippen LogP contribution is 2.31. The van der Waals surface area contributed by atoms with Crippen LogP contribution < -0.4 is 9.62 Å². The molecule has 0 saturated carbocycles. The number of hydrogen-bond acceptors (Lipinski definition) is 4. The lowest BCUT2D eigenvalue weighted by molar-refractivity contribution is 0.0984. The quantitative estimate of drug-likeness (QED) is 0.727. The molecule has 7 nitrogen and oxygen atoms in total. The molecule has 28 heavy (non-hydrogen) atoms. The minimum absolute atomic E-state index is 0.165. The highest BCUT2D eigenvalue weighted by atomic mass is 32.2. The minimum Gasteiger partial charge on any atom is -0.306 e. The number of halogens is 1. The molecule has 9 heteroatoms. The van der Waals surface area contributed by atoms with Crippen LogP contribution in [0.4, 0.5) is 10.1 Å². The molecule has 0 unspecified atom stereocenters. The summed E-state index contributed by atoms with van der Waals surface area (Å²) in [5, 5.41) is 4.26. The fourth-order valence-electron chi connectivity index (χ4n) is 3.21. The number of benzene rings is 2. The maximum Gasteiger partial charge on any atom is 0.278 e. The molecule has 2 aromatic carbocycles. The Bertz CT molecular complexity index is 1170. The van der Waals surface area contributed by atoms with E-state index >= 15 is 0 Å². The first kappa shape index (κ1) is 18.3. The van der Waals surface area contributed by atoms with Crippen LogP contribution in [0.3, 0.4) is 0 Å². The van der Waals surface area contributed by atoms with Crippen molar-refractivity contribution >= 4 is 21.6 Å². The topological polar surface area (TPSA) is 84.3 Å². The number of nitrogens with zero attached hydrogens (tertiary/aromatic N) is 3. The van der Waals surface area contributed by atoms with Crippen LogP contribution in [0.15, 0.2) is 59.6 Å². The van der Waals surface area contributed by atoms with Crippen molar-refractivity contribution in [3.05, 3.63) is 71.8 Å². The van der Waals surface area contributed by atoms with Crippen molar-refractivity contribution in [3.63, 3.8) is 0 Å². The number of rotatable bonds is 4. The molecule has 3 aromatic rings. The second-order valence-electron chi connectivity index (χ2n) is 6.33. The van der Waals surface area contributed by atoms with E-state index in [2.05, 4.69) is 9.82 Å². The van der Waals surface area contributed by atoms with E-state index in [1.807, 2.05) is 0 Å². The molecule has 1 N–H and O–H groups in total. The highest BCUT2D eigenvalue weighted by molar-refractivity contribution is 7.89. The molecular weight excluding hydrogens is 383 g/mol. The van der Waals surface area contributed by atoms with Crippen molar-refractivity contribution < 1.29 is 17.6 Å². The molecule has 0 bridgehead atoms. The number of carbonyl (C=O) groups excluding carboxylic acids is 1. The van der Waals surface area contributed by atoms with Gasteiger partial charge in [0, 0.05) is 18.4 Å². The summed E-state index contributed by atoms with van der Waals surface area (Å²) in [6, 6.07) is 12.2. The van der Waals surface area contributed by atoms with E-state index in [4.69, 9.17) is 0 Å². The van der Waals surface area contributed by atoms with E-state index in [1.54, 1.807) is 41.4 Å². The summed E-state index contributed by atoms with van der Waals surface area (Å²) < 4.78 is 41.1. The number of fused-ring (bicyclic) bond motifs is 1. The Labute approximate surface area is 161 Å². The van der Waals surface area contributed by atoms with Crippen LogP contribution >= 0.6 is 0 Å². The first-order valence-corrected chi connectivity index (χ1v) is 10.1. The van der Waals surface area contributed by atoms with Crippen LogP contribution in [-0.4, -0.2) is 37.7 Å². The van der Waals surface area contributed by atoms with Gasteiger partial charge in [0.2, 0.25) is 10.0 Å². The fourth-order valence-corrected chi connectivity index (χ4v) is 3.99. The van der Waals surface area contributed by atoms with Crippen LogP contribution in [0, 0.1) is 5.82 Å². The normalized spacial score (nSPS) is 13.6. The number of sulfonamides is 1. The lowest BCUT2D eigenvalue weighted by Gasteiger charge is -2.16. The van der Waals surface area contributed by atoms with Crippen molar-refractivity contribution in [2.24, 2.45) is 0 Å². The maximum absolute atomic E-state index is 13.4. The number of carbonyl (C=O) groups is 1. The van der Waals surface area contributed by atoms with Gasteiger partial charge in [0.25, 0.3) is 5.91 Å². The van der Waals surface area contributed by atoms with Crippen molar-refractivity contribution in [3.8, 4) is 5.69 Å². The van der Waals surface area contributed by atoms with Crippen LogP contribution in [0.5, 0.6) is 0 Å². The summed E-state index contributed by atoms with van der Waals surface area (Å²) >= 11 is 0. The second kappa shape index (κ2) is 6.84. The largest absolute Gasteiger partial charge is 0.306 e. The molecule has 4 rings (SSSR count). The van der Waals surface area contributed by atoms with Gasteiger partial charge in [-0.3, -0.25) is 4.79 Å². The summed E-state index contributed by atoms with van der Waals surface area (Å²) in [4.78, 5) is 14.6. The van der Waals surface area contributed by atoms with Gasteiger partial charge in [-0.25, -0.2) is 22.2 Å². The SMILES string of the molecule is CNS(=O)(=O)c1ccc2c(c1)CCN2C(=O)c1ccn(-c2cccc(F)c2)n1. The van der Waals surface area contributed by atoms with Gasteiger partial charge in [0.05, 0.1) is 10.6 Å². The van der Waals surface area contributed by atoms with E-state index in [9.17, 15) is 17.6 Å². The van der Waals surface area contributed by atoms with Gasteiger partial charge in [-0.2, -0.15) is 5.10 Å². The number of amides is 1. The van der Waals surface area contributed by atoms with Gasteiger partial charge >= 0.3 is 0 Å². The van der Waals surface area contributed by atoms with Gasteiger partial charge in [-0.15, -0.1) is 0 Å². The van der Waals surface area contributed by atoms with E-state index in [0.717, 1.165) is 5.56 Å². The van der Waals surface area contributed by atoms with Crippen molar-refractivity contribution in [2.45, 2.75) is 11.3 Å². The third kappa shape index (κ3) is 3.19. The van der Waals surface area contributed by atoms with Crippen LogP contribution in [-0.2, 0) is 16.4 Å². The predicted octanol–water partition coefficient (Wildman–Crippen LogP) is 2.12. The Kier molecular flexibility index (Phi) is 4.48. The molecule has 0 aliphatic carbocycles. The highest BCUT2D eigenvalue weighted by Gasteiger charge is 2.28. The molecule has 0 saturated heterocycles. The van der Waals surface area contributed by atoms with Crippen LogP contribution in [0.25, 0.3) is 5.69 Å². The second-order valence-corrected chi connectivity index (χ2v) is 8.22. The maximum atomic E-state index is 13.4. The van der Waals surface area contributed by atoms with Gasteiger partial charge in [-0.1, -0.05) is 6.07 Å². The number of aromatic nitrogens is 2. The molecule has 144 valence electrons. The molecule has 1 aromatic heterocycles.